The molecule has 1 N–H and O–H groups in total. The molecule has 23 heavy (non-hydrogen) atoms. The number of likely N-dealkylation sites (tertiary alicyclic amines) is 2. The highest BCUT2D eigenvalue weighted by Gasteiger charge is 2.32. The third-order valence-corrected chi connectivity index (χ3v) is 5.06. The van der Waals surface area contributed by atoms with Gasteiger partial charge in [0.25, 0.3) is 5.91 Å². The van der Waals surface area contributed by atoms with Crippen molar-refractivity contribution in [2.75, 3.05) is 19.6 Å². The number of para-hydroxylation sites is 1. The zero-order valence-corrected chi connectivity index (χ0v) is 13.1. The molecule has 2 aromatic rings. The first kappa shape index (κ1) is 14.3. The van der Waals surface area contributed by atoms with Crippen LogP contribution in [0.2, 0.25) is 0 Å². The van der Waals surface area contributed by atoms with Crippen molar-refractivity contribution in [3.8, 4) is 0 Å². The summed E-state index contributed by atoms with van der Waals surface area (Å²) in [6.07, 6.45) is 3.44. The Hall–Kier alpha value is -2.30. The highest BCUT2D eigenvalue weighted by Crippen LogP contribution is 2.23. The molecule has 2 amide bonds. The SMILES string of the molecule is O=C(c1cc2ccccc2[nH]1)N1CCC(N2CCCC2=O)CC1. The van der Waals surface area contributed by atoms with Gasteiger partial charge < -0.3 is 14.8 Å². The second-order valence-corrected chi connectivity index (χ2v) is 6.48. The summed E-state index contributed by atoms with van der Waals surface area (Å²) in [5, 5.41) is 1.06. The standard InChI is InChI=1S/C18H21N3O2/c22-17-6-3-9-21(17)14-7-10-20(11-8-14)18(23)16-12-13-4-1-2-5-15(13)19-16/h1-2,4-5,12,14,19H,3,6-11H2. The van der Waals surface area contributed by atoms with E-state index in [1.807, 2.05) is 40.1 Å². The molecular formula is C18H21N3O2. The number of benzene rings is 1. The number of aromatic nitrogens is 1. The molecule has 1 aromatic heterocycles. The van der Waals surface area contributed by atoms with Crippen molar-refractivity contribution in [2.45, 2.75) is 31.7 Å². The van der Waals surface area contributed by atoms with Crippen molar-refractivity contribution in [3.05, 3.63) is 36.0 Å². The van der Waals surface area contributed by atoms with Gasteiger partial charge in [-0.2, -0.15) is 0 Å². The number of nitrogens with zero attached hydrogens (tertiary/aromatic N) is 2. The van der Waals surface area contributed by atoms with Crippen LogP contribution < -0.4 is 0 Å². The Labute approximate surface area is 135 Å². The number of nitrogens with one attached hydrogen (secondary N) is 1. The highest BCUT2D eigenvalue weighted by molar-refractivity contribution is 5.98. The van der Waals surface area contributed by atoms with Crippen LogP contribution in [0.3, 0.4) is 0 Å². The number of hydrogen-bond donors (Lipinski definition) is 1. The fourth-order valence-electron chi connectivity index (χ4n) is 3.79. The van der Waals surface area contributed by atoms with E-state index >= 15 is 0 Å². The van der Waals surface area contributed by atoms with Gasteiger partial charge >= 0.3 is 0 Å². The van der Waals surface area contributed by atoms with E-state index in [9.17, 15) is 9.59 Å². The Kier molecular flexibility index (Phi) is 3.56. The maximum atomic E-state index is 12.7. The number of H-pyrrole nitrogens is 1. The average Bonchev–Trinajstić information content (AvgIpc) is 3.20. The molecule has 2 fully saturated rings. The molecule has 0 saturated carbocycles. The Morgan fingerprint density at radius 1 is 1.13 bits per heavy atom. The minimum Gasteiger partial charge on any atom is -0.351 e. The number of amides is 2. The van der Waals surface area contributed by atoms with Crippen molar-refractivity contribution in [1.82, 2.24) is 14.8 Å². The first-order chi connectivity index (χ1) is 11.2. The number of carbonyl (C=O) groups excluding carboxylic acids is 2. The van der Waals surface area contributed by atoms with Crippen LogP contribution >= 0.6 is 0 Å². The normalized spacial score (nSPS) is 19.7. The summed E-state index contributed by atoms with van der Waals surface area (Å²) < 4.78 is 0. The second kappa shape index (κ2) is 5.72. The molecule has 0 unspecified atom stereocenters. The number of rotatable bonds is 2. The first-order valence-corrected chi connectivity index (χ1v) is 8.39. The van der Waals surface area contributed by atoms with Crippen molar-refractivity contribution in [3.63, 3.8) is 0 Å². The molecule has 2 aliphatic rings. The van der Waals surface area contributed by atoms with Crippen LogP contribution in [-0.4, -0.2) is 52.3 Å². The third kappa shape index (κ3) is 2.60. The van der Waals surface area contributed by atoms with Gasteiger partial charge in [-0.1, -0.05) is 18.2 Å². The fourth-order valence-corrected chi connectivity index (χ4v) is 3.79. The predicted molar refractivity (Wildman–Crippen MR) is 88.2 cm³/mol. The molecule has 2 saturated heterocycles. The monoisotopic (exact) mass is 311 g/mol. The van der Waals surface area contributed by atoms with Crippen LogP contribution in [0.1, 0.15) is 36.2 Å². The molecule has 0 spiro atoms. The highest BCUT2D eigenvalue weighted by atomic mass is 16.2. The molecule has 4 rings (SSSR count). The molecule has 5 nitrogen and oxygen atoms in total. The second-order valence-electron chi connectivity index (χ2n) is 6.48. The molecule has 0 radical (unpaired) electrons. The molecule has 0 bridgehead atoms. The van der Waals surface area contributed by atoms with E-state index < -0.39 is 0 Å². The lowest BCUT2D eigenvalue weighted by atomic mass is 10.0. The van der Waals surface area contributed by atoms with Crippen LogP contribution in [0.25, 0.3) is 10.9 Å². The number of hydrogen-bond acceptors (Lipinski definition) is 2. The maximum Gasteiger partial charge on any atom is 0.270 e. The van der Waals surface area contributed by atoms with E-state index in [0.717, 1.165) is 49.8 Å². The summed E-state index contributed by atoms with van der Waals surface area (Å²) in [5.41, 5.74) is 1.65. The van der Waals surface area contributed by atoms with Gasteiger partial charge in [-0.3, -0.25) is 9.59 Å². The quantitative estimate of drug-likeness (QED) is 0.926. The molecular weight excluding hydrogens is 290 g/mol. The molecule has 0 atom stereocenters. The van der Waals surface area contributed by atoms with Crippen molar-refractivity contribution < 1.29 is 9.59 Å². The minimum atomic E-state index is 0.0624. The van der Waals surface area contributed by atoms with Crippen LogP contribution in [0, 0.1) is 0 Å². The zero-order chi connectivity index (χ0) is 15.8. The van der Waals surface area contributed by atoms with Gasteiger partial charge in [0.15, 0.2) is 0 Å². The van der Waals surface area contributed by atoms with Crippen molar-refractivity contribution in [2.24, 2.45) is 0 Å². The zero-order valence-electron chi connectivity index (χ0n) is 13.1. The summed E-state index contributed by atoms with van der Waals surface area (Å²) in [7, 11) is 0. The molecule has 2 aliphatic heterocycles. The Morgan fingerprint density at radius 3 is 2.61 bits per heavy atom. The van der Waals surface area contributed by atoms with E-state index in [1.165, 1.54) is 0 Å². The van der Waals surface area contributed by atoms with E-state index in [-0.39, 0.29) is 11.8 Å². The van der Waals surface area contributed by atoms with Gasteiger partial charge in [0.1, 0.15) is 5.69 Å². The van der Waals surface area contributed by atoms with Gasteiger partial charge in [0.2, 0.25) is 5.91 Å². The van der Waals surface area contributed by atoms with E-state index in [1.54, 1.807) is 0 Å². The average molecular weight is 311 g/mol. The van der Waals surface area contributed by atoms with Gasteiger partial charge in [0, 0.05) is 43.0 Å². The molecule has 5 heteroatoms. The van der Waals surface area contributed by atoms with Crippen LogP contribution in [0.4, 0.5) is 0 Å². The summed E-state index contributed by atoms with van der Waals surface area (Å²) in [6.45, 7) is 2.34. The van der Waals surface area contributed by atoms with E-state index in [4.69, 9.17) is 0 Å². The summed E-state index contributed by atoms with van der Waals surface area (Å²) in [5.74, 6) is 0.345. The van der Waals surface area contributed by atoms with Gasteiger partial charge in [-0.25, -0.2) is 0 Å². The Bertz CT molecular complexity index is 711. The summed E-state index contributed by atoms with van der Waals surface area (Å²) >= 11 is 0. The van der Waals surface area contributed by atoms with Gasteiger partial charge in [-0.05, 0) is 31.4 Å². The number of fused-ring (bicyclic) bond motifs is 1. The Morgan fingerprint density at radius 2 is 1.91 bits per heavy atom. The van der Waals surface area contributed by atoms with Crippen molar-refractivity contribution in [1.29, 1.82) is 0 Å². The van der Waals surface area contributed by atoms with Gasteiger partial charge in [-0.15, -0.1) is 0 Å². The fraction of sp³-hybridized carbons (Fsp3) is 0.444. The molecule has 0 aliphatic carbocycles. The van der Waals surface area contributed by atoms with Gasteiger partial charge in [0.05, 0.1) is 0 Å². The lowest BCUT2D eigenvalue weighted by molar-refractivity contribution is -0.130. The van der Waals surface area contributed by atoms with Crippen LogP contribution in [0.15, 0.2) is 30.3 Å². The lowest BCUT2D eigenvalue weighted by Crippen LogP contribution is -2.47. The smallest absolute Gasteiger partial charge is 0.270 e. The Balaban J connectivity index is 1.43. The van der Waals surface area contributed by atoms with Crippen molar-refractivity contribution >= 4 is 22.7 Å². The molecule has 1 aromatic carbocycles. The topological polar surface area (TPSA) is 56.4 Å². The molecule has 120 valence electrons. The number of carbonyl (C=O) groups is 2. The number of piperidine rings is 1. The van der Waals surface area contributed by atoms with Crippen LogP contribution in [-0.2, 0) is 4.79 Å². The van der Waals surface area contributed by atoms with Crippen LogP contribution in [0.5, 0.6) is 0 Å². The summed E-state index contributed by atoms with van der Waals surface area (Å²) in [4.78, 5) is 31.7. The van der Waals surface area contributed by atoms with E-state index in [0.29, 0.717) is 18.2 Å². The predicted octanol–water partition coefficient (Wildman–Crippen LogP) is 2.39. The summed E-state index contributed by atoms with van der Waals surface area (Å²) in [6, 6.07) is 10.2. The maximum absolute atomic E-state index is 12.7. The minimum absolute atomic E-state index is 0.0624. The third-order valence-electron chi connectivity index (χ3n) is 5.06. The van der Waals surface area contributed by atoms with E-state index in [2.05, 4.69) is 4.98 Å². The molecule has 3 heterocycles. The first-order valence-electron chi connectivity index (χ1n) is 8.39. The lowest BCUT2D eigenvalue weighted by Gasteiger charge is -2.36. The largest absolute Gasteiger partial charge is 0.351 e. The number of aromatic amines is 1.